The first-order chi connectivity index (χ1) is 7.12. The summed E-state index contributed by atoms with van der Waals surface area (Å²) in [6.07, 6.45) is 4.46. The fourth-order valence-electron chi connectivity index (χ4n) is 2.30. The van der Waals surface area contributed by atoms with Crippen LogP contribution in [0.25, 0.3) is 0 Å². The Morgan fingerprint density at radius 3 is 2.67 bits per heavy atom. The third-order valence-electron chi connectivity index (χ3n) is 3.15. The van der Waals surface area contributed by atoms with Gasteiger partial charge in [0, 0.05) is 14.7 Å². The van der Waals surface area contributed by atoms with E-state index in [1.54, 1.807) is 11.3 Å². The Bertz CT molecular complexity index is 366. The van der Waals surface area contributed by atoms with Gasteiger partial charge in [0.2, 0.25) is 0 Å². The topological polar surface area (TPSA) is 37.3 Å². The van der Waals surface area contributed by atoms with E-state index in [9.17, 15) is 9.90 Å². The first-order valence-corrected chi connectivity index (χ1v) is 6.76. The Labute approximate surface area is 101 Å². The fraction of sp³-hybridized carbons (Fsp3) is 0.545. The highest BCUT2D eigenvalue weighted by Crippen LogP contribution is 2.42. The molecule has 2 nitrogen and oxygen atoms in total. The minimum absolute atomic E-state index is 0.482. The largest absolute Gasteiger partial charge is 0.481 e. The lowest BCUT2D eigenvalue weighted by Gasteiger charge is -2.22. The number of carbonyl (C=O) groups is 1. The molecule has 0 spiro atoms. The van der Waals surface area contributed by atoms with E-state index in [0.717, 1.165) is 30.2 Å². The molecule has 0 unspecified atom stereocenters. The molecule has 0 radical (unpaired) electrons. The van der Waals surface area contributed by atoms with Crippen LogP contribution in [0.1, 0.15) is 30.6 Å². The lowest BCUT2D eigenvalue weighted by molar-refractivity contribution is -0.148. The van der Waals surface area contributed by atoms with E-state index in [1.165, 1.54) is 4.88 Å². The van der Waals surface area contributed by atoms with Gasteiger partial charge in [-0.15, -0.1) is 11.3 Å². The van der Waals surface area contributed by atoms with E-state index in [1.807, 2.05) is 11.4 Å². The van der Waals surface area contributed by atoms with Gasteiger partial charge in [0.15, 0.2) is 0 Å². The van der Waals surface area contributed by atoms with Crippen molar-refractivity contribution in [3.8, 4) is 0 Å². The van der Waals surface area contributed by atoms with Gasteiger partial charge < -0.3 is 5.11 Å². The summed E-state index contributed by atoms with van der Waals surface area (Å²) in [5.74, 6) is -0.621. The van der Waals surface area contributed by atoms with Crippen LogP contribution in [0.3, 0.4) is 0 Å². The molecule has 82 valence electrons. The highest BCUT2D eigenvalue weighted by Gasteiger charge is 2.41. The van der Waals surface area contributed by atoms with Gasteiger partial charge in [-0.3, -0.25) is 4.79 Å². The smallest absolute Gasteiger partial charge is 0.309 e. The average Bonchev–Trinajstić information content (AvgIpc) is 2.77. The molecule has 0 aromatic carbocycles. The molecule has 15 heavy (non-hydrogen) atoms. The zero-order valence-corrected chi connectivity index (χ0v) is 10.7. The summed E-state index contributed by atoms with van der Waals surface area (Å²) >= 11 is 5.04. The lowest BCUT2D eigenvalue weighted by Crippen LogP contribution is -2.29. The molecule has 0 saturated heterocycles. The minimum Gasteiger partial charge on any atom is -0.481 e. The maximum atomic E-state index is 11.3. The van der Waals surface area contributed by atoms with Crippen LogP contribution in [0.4, 0.5) is 0 Å². The summed E-state index contributed by atoms with van der Waals surface area (Å²) in [4.78, 5) is 12.5. The van der Waals surface area contributed by atoms with Gasteiger partial charge in [-0.2, -0.15) is 0 Å². The summed E-state index contributed by atoms with van der Waals surface area (Å²) in [5, 5.41) is 11.3. The van der Waals surface area contributed by atoms with Gasteiger partial charge in [-0.25, -0.2) is 0 Å². The molecular weight excluding hydrogens is 276 g/mol. The molecular formula is C11H13BrO2S. The number of carboxylic acids is 1. The molecule has 1 aromatic rings. The molecule has 0 bridgehead atoms. The Kier molecular flexibility index (Phi) is 3.16. The van der Waals surface area contributed by atoms with Gasteiger partial charge in [0.25, 0.3) is 0 Å². The Hall–Kier alpha value is -0.350. The van der Waals surface area contributed by atoms with Crippen molar-refractivity contribution in [1.29, 1.82) is 0 Å². The quantitative estimate of drug-likeness (QED) is 0.921. The monoisotopic (exact) mass is 288 g/mol. The van der Waals surface area contributed by atoms with E-state index in [-0.39, 0.29) is 0 Å². The summed E-state index contributed by atoms with van der Waals surface area (Å²) in [5.41, 5.74) is -0.482. The Morgan fingerprint density at radius 2 is 2.20 bits per heavy atom. The molecule has 4 heteroatoms. The highest BCUT2D eigenvalue weighted by molar-refractivity contribution is 9.10. The highest BCUT2D eigenvalue weighted by atomic mass is 79.9. The summed E-state index contributed by atoms with van der Waals surface area (Å²) in [6.45, 7) is 0. The van der Waals surface area contributed by atoms with Crippen molar-refractivity contribution in [3.63, 3.8) is 0 Å². The molecule has 1 saturated carbocycles. The number of halogens is 1. The van der Waals surface area contributed by atoms with E-state index in [4.69, 9.17) is 0 Å². The van der Waals surface area contributed by atoms with E-state index in [2.05, 4.69) is 15.9 Å². The molecule has 2 rings (SSSR count). The Balaban J connectivity index is 2.17. The number of hydrogen-bond acceptors (Lipinski definition) is 2. The zero-order valence-electron chi connectivity index (χ0n) is 8.33. The van der Waals surface area contributed by atoms with E-state index >= 15 is 0 Å². The first-order valence-electron chi connectivity index (χ1n) is 5.09. The molecule has 1 N–H and O–H groups in total. The van der Waals surface area contributed by atoms with Crippen molar-refractivity contribution in [2.75, 3.05) is 0 Å². The van der Waals surface area contributed by atoms with Gasteiger partial charge >= 0.3 is 5.97 Å². The molecule has 1 heterocycles. The second kappa shape index (κ2) is 4.26. The van der Waals surface area contributed by atoms with Gasteiger partial charge in [0.1, 0.15) is 0 Å². The van der Waals surface area contributed by atoms with Crippen LogP contribution >= 0.6 is 27.3 Å². The average molecular weight is 289 g/mol. The summed E-state index contributed by atoms with van der Waals surface area (Å²) < 4.78 is 1.06. The van der Waals surface area contributed by atoms with Crippen LogP contribution < -0.4 is 0 Å². The van der Waals surface area contributed by atoms with Crippen LogP contribution in [0.15, 0.2) is 15.9 Å². The standard InChI is InChI=1S/C11H13BrO2S/c12-8-5-9(15-7-8)6-11(10(13)14)3-1-2-4-11/h5,7H,1-4,6H2,(H,13,14). The Morgan fingerprint density at radius 1 is 1.53 bits per heavy atom. The summed E-state index contributed by atoms with van der Waals surface area (Å²) in [6, 6.07) is 2.04. The van der Waals surface area contributed by atoms with E-state index < -0.39 is 11.4 Å². The predicted molar refractivity (Wildman–Crippen MR) is 64.3 cm³/mol. The fourth-order valence-corrected chi connectivity index (χ4v) is 3.89. The van der Waals surface area contributed by atoms with Crippen molar-refractivity contribution in [2.45, 2.75) is 32.1 Å². The molecule has 0 atom stereocenters. The number of thiophene rings is 1. The molecule has 1 aliphatic rings. The normalized spacial score (nSPS) is 19.3. The van der Waals surface area contributed by atoms with Crippen LogP contribution in [0.2, 0.25) is 0 Å². The number of rotatable bonds is 3. The van der Waals surface area contributed by atoms with Gasteiger partial charge in [-0.05, 0) is 41.3 Å². The van der Waals surface area contributed by atoms with Crippen molar-refractivity contribution >= 4 is 33.2 Å². The second-order valence-corrected chi connectivity index (χ2v) is 6.11. The molecule has 1 aromatic heterocycles. The lowest BCUT2D eigenvalue weighted by atomic mass is 9.82. The van der Waals surface area contributed by atoms with Gasteiger partial charge in [0.05, 0.1) is 5.41 Å². The third-order valence-corrected chi connectivity index (χ3v) is 4.85. The van der Waals surface area contributed by atoms with Crippen molar-refractivity contribution in [2.24, 2.45) is 5.41 Å². The van der Waals surface area contributed by atoms with Gasteiger partial charge in [-0.1, -0.05) is 12.8 Å². The SMILES string of the molecule is O=C(O)C1(Cc2cc(Br)cs2)CCCC1. The predicted octanol–water partition coefficient (Wildman–Crippen LogP) is 3.70. The number of aliphatic carboxylic acids is 1. The molecule has 1 fully saturated rings. The molecule has 1 aliphatic carbocycles. The summed E-state index contributed by atoms with van der Waals surface area (Å²) in [7, 11) is 0. The van der Waals surface area contributed by atoms with Crippen LogP contribution in [-0.2, 0) is 11.2 Å². The van der Waals surface area contributed by atoms with Crippen LogP contribution in [-0.4, -0.2) is 11.1 Å². The molecule has 0 aliphatic heterocycles. The molecule has 0 amide bonds. The van der Waals surface area contributed by atoms with E-state index in [0.29, 0.717) is 6.42 Å². The first kappa shape index (κ1) is 11.1. The maximum absolute atomic E-state index is 11.3. The third kappa shape index (κ3) is 2.26. The van der Waals surface area contributed by atoms with Crippen LogP contribution in [0, 0.1) is 5.41 Å². The zero-order chi connectivity index (χ0) is 10.9. The number of hydrogen-bond donors (Lipinski definition) is 1. The maximum Gasteiger partial charge on any atom is 0.309 e. The van der Waals surface area contributed by atoms with Crippen molar-refractivity contribution in [1.82, 2.24) is 0 Å². The van der Waals surface area contributed by atoms with Crippen molar-refractivity contribution in [3.05, 3.63) is 20.8 Å². The number of carboxylic acid groups (broad SMARTS) is 1. The minimum atomic E-state index is -0.621. The van der Waals surface area contributed by atoms with Crippen LogP contribution in [0.5, 0.6) is 0 Å². The second-order valence-electron chi connectivity index (χ2n) is 4.20. The van der Waals surface area contributed by atoms with Crippen molar-refractivity contribution < 1.29 is 9.90 Å².